The molecular weight excluding hydrogens is 537 g/mol. The van der Waals surface area contributed by atoms with Crippen molar-refractivity contribution in [2.75, 3.05) is 20.3 Å². The minimum atomic E-state index is -2.27. The van der Waals surface area contributed by atoms with E-state index in [1.807, 2.05) is 30.3 Å². The second-order valence-electron chi connectivity index (χ2n) is 14.5. The molecule has 0 saturated heterocycles. The van der Waals surface area contributed by atoms with Gasteiger partial charge in [-0.15, -0.1) is 0 Å². The molecule has 0 fully saturated rings. The van der Waals surface area contributed by atoms with Gasteiger partial charge in [0.2, 0.25) is 0 Å². The molecule has 1 aromatic carbocycles. The topological polar surface area (TPSA) is 74.2 Å². The third-order valence-electron chi connectivity index (χ3n) is 9.78. The minimum absolute atomic E-state index is 0.0271. The lowest BCUT2D eigenvalue weighted by Gasteiger charge is -2.46. The molecule has 0 radical (unpaired) electrons. The summed E-state index contributed by atoms with van der Waals surface area (Å²) in [6.07, 6.45) is 6.25. The Balaban J connectivity index is 1.87. The van der Waals surface area contributed by atoms with Crippen LogP contribution in [0.5, 0.6) is 5.75 Å². The summed E-state index contributed by atoms with van der Waals surface area (Å²) in [5, 5.41) is 10.8. The molecule has 6 nitrogen and oxygen atoms in total. The monoisotopic (exact) mass is 588 g/mol. The molecule has 3 rings (SSSR count). The van der Waals surface area contributed by atoms with Crippen LogP contribution in [0.15, 0.2) is 48.1 Å². The third-order valence-corrected chi connectivity index (χ3v) is 18.8. The van der Waals surface area contributed by atoms with E-state index in [-0.39, 0.29) is 21.9 Å². The Morgan fingerprint density at radius 2 is 1.57 bits per heavy atom. The van der Waals surface area contributed by atoms with E-state index in [1.165, 1.54) is 0 Å². The average Bonchev–Trinajstić information content (AvgIpc) is 3.03. The van der Waals surface area contributed by atoms with Crippen LogP contribution in [-0.4, -0.2) is 54.1 Å². The highest BCUT2D eigenvalue weighted by Gasteiger charge is 2.60. The first-order valence-electron chi connectivity index (χ1n) is 14.5. The Bertz CT molecular complexity index is 1090. The largest absolute Gasteiger partial charge is 0.497 e. The molecule has 1 unspecified atom stereocenters. The maximum absolute atomic E-state index is 13.1. The van der Waals surface area contributed by atoms with Crippen molar-refractivity contribution in [1.82, 2.24) is 0 Å². The molecule has 0 saturated carbocycles. The van der Waals surface area contributed by atoms with E-state index in [4.69, 9.17) is 18.3 Å². The molecular formula is C32H52O6Si2. The van der Waals surface area contributed by atoms with Crippen LogP contribution >= 0.6 is 0 Å². The Hall–Kier alpha value is -1.72. The molecule has 8 heteroatoms. The highest BCUT2D eigenvalue weighted by molar-refractivity contribution is 6.74. The SMILES string of the molecule is COc1ccc(COC[C@@H]2C=C[C@]3(C(=O)O)C(CCO[Si](C)(C)C(C)(C)C)=C[C@H]2C3O[Si](C)(C)C(C)(C)C)cc1. The summed E-state index contributed by atoms with van der Waals surface area (Å²) in [5.41, 5.74) is 0.796. The van der Waals surface area contributed by atoms with Gasteiger partial charge >= 0.3 is 5.97 Å². The number of fused-ring (bicyclic) bond motifs is 2. The zero-order chi connectivity index (χ0) is 30.1. The van der Waals surface area contributed by atoms with Crippen LogP contribution in [-0.2, 0) is 25.0 Å². The number of carbonyl (C=O) groups is 1. The Morgan fingerprint density at radius 3 is 2.10 bits per heavy atom. The molecule has 1 aromatic rings. The number of carboxylic acids is 1. The normalized spacial score (nSPS) is 25.2. The van der Waals surface area contributed by atoms with Gasteiger partial charge in [-0.1, -0.05) is 71.9 Å². The number of rotatable bonds is 12. The lowest BCUT2D eigenvalue weighted by Crippen LogP contribution is -2.54. The Morgan fingerprint density at radius 1 is 0.975 bits per heavy atom. The van der Waals surface area contributed by atoms with Crippen LogP contribution in [0.2, 0.25) is 36.3 Å². The fourth-order valence-corrected chi connectivity index (χ4v) is 7.39. The zero-order valence-corrected chi connectivity index (χ0v) is 28.6. The molecule has 0 aromatic heterocycles. The van der Waals surface area contributed by atoms with Crippen molar-refractivity contribution in [3.05, 3.63) is 53.6 Å². The molecule has 0 heterocycles. The van der Waals surface area contributed by atoms with Crippen LogP contribution in [0.4, 0.5) is 0 Å². The lowest BCUT2D eigenvalue weighted by molar-refractivity contribution is -0.150. The number of aliphatic carboxylic acids is 1. The second-order valence-corrected chi connectivity index (χ2v) is 24.1. The van der Waals surface area contributed by atoms with Gasteiger partial charge in [0.1, 0.15) is 11.2 Å². The molecule has 2 bridgehead atoms. The molecule has 4 atom stereocenters. The number of methoxy groups -OCH3 is 1. The Labute approximate surface area is 244 Å². The molecule has 0 amide bonds. The van der Waals surface area contributed by atoms with Crippen molar-refractivity contribution in [2.45, 2.75) is 96.9 Å². The van der Waals surface area contributed by atoms with Crippen molar-refractivity contribution in [1.29, 1.82) is 0 Å². The van der Waals surface area contributed by atoms with E-state index in [1.54, 1.807) is 7.11 Å². The summed E-state index contributed by atoms with van der Waals surface area (Å²) in [6.45, 7) is 23.6. The summed E-state index contributed by atoms with van der Waals surface area (Å²) in [7, 11) is -2.58. The number of hydrogen-bond donors (Lipinski definition) is 1. The van der Waals surface area contributed by atoms with Gasteiger partial charge in [-0.05, 0) is 66.0 Å². The van der Waals surface area contributed by atoms with E-state index in [0.29, 0.717) is 26.2 Å². The van der Waals surface area contributed by atoms with Gasteiger partial charge in [-0.3, -0.25) is 4.79 Å². The number of ether oxygens (including phenoxy) is 2. The van der Waals surface area contributed by atoms with Crippen molar-refractivity contribution < 1.29 is 28.2 Å². The van der Waals surface area contributed by atoms with Crippen LogP contribution in [0.25, 0.3) is 0 Å². The predicted octanol–water partition coefficient (Wildman–Crippen LogP) is 7.83. The quantitative estimate of drug-likeness (QED) is 0.198. The first-order valence-corrected chi connectivity index (χ1v) is 20.3. The maximum Gasteiger partial charge on any atom is 0.320 e. The first-order chi connectivity index (χ1) is 18.4. The molecule has 2 aliphatic rings. The van der Waals surface area contributed by atoms with Crippen LogP contribution < -0.4 is 4.74 Å². The summed E-state index contributed by atoms with van der Waals surface area (Å²) < 4.78 is 24.9. The van der Waals surface area contributed by atoms with Gasteiger partial charge in [0.05, 0.1) is 26.4 Å². The van der Waals surface area contributed by atoms with Gasteiger partial charge in [0.25, 0.3) is 0 Å². The molecule has 224 valence electrons. The zero-order valence-electron chi connectivity index (χ0n) is 26.6. The molecule has 40 heavy (non-hydrogen) atoms. The van der Waals surface area contributed by atoms with Crippen molar-refractivity contribution in [2.24, 2.45) is 17.3 Å². The van der Waals surface area contributed by atoms with E-state index in [0.717, 1.165) is 16.9 Å². The number of hydrogen-bond acceptors (Lipinski definition) is 5. The molecule has 2 aliphatic carbocycles. The van der Waals surface area contributed by atoms with Crippen molar-refractivity contribution >= 4 is 22.6 Å². The number of carboxylic acid groups (broad SMARTS) is 1. The average molecular weight is 589 g/mol. The van der Waals surface area contributed by atoms with E-state index in [2.05, 4.69) is 79.9 Å². The molecule has 1 N–H and O–H groups in total. The van der Waals surface area contributed by atoms with Gasteiger partial charge in [0.15, 0.2) is 16.6 Å². The third kappa shape index (κ3) is 6.67. The highest BCUT2D eigenvalue weighted by Crippen LogP contribution is 2.55. The summed E-state index contributed by atoms with van der Waals surface area (Å²) in [6, 6.07) is 7.87. The van der Waals surface area contributed by atoms with E-state index in [9.17, 15) is 9.90 Å². The van der Waals surface area contributed by atoms with Gasteiger partial charge < -0.3 is 23.4 Å². The fourth-order valence-electron chi connectivity index (χ4n) is 5.02. The molecule has 0 spiro atoms. The number of benzene rings is 1. The summed E-state index contributed by atoms with van der Waals surface area (Å²) >= 11 is 0. The van der Waals surface area contributed by atoms with Gasteiger partial charge in [-0.2, -0.15) is 0 Å². The standard InChI is InChI=1S/C32H52O6Si2/c1-30(2,3)39(8,9)37-19-17-25-20-27-24(22-36-21-23-12-14-26(35-7)15-13-23)16-18-32(25,29(33)34)28(27)38-40(10,11)31(4,5)6/h12-16,18,20,24,27-28H,17,19,21-22H2,1-11H3,(H,33,34)/t24-,27+,28?,32-/m0/s1. The summed E-state index contributed by atoms with van der Waals surface area (Å²) in [4.78, 5) is 13.1. The highest BCUT2D eigenvalue weighted by atomic mass is 28.4. The minimum Gasteiger partial charge on any atom is -0.497 e. The fraction of sp³-hybridized carbons (Fsp3) is 0.656. The smallest absolute Gasteiger partial charge is 0.320 e. The van der Waals surface area contributed by atoms with Crippen LogP contribution in [0.3, 0.4) is 0 Å². The second kappa shape index (κ2) is 11.9. The molecule has 0 aliphatic heterocycles. The maximum atomic E-state index is 13.1. The predicted molar refractivity (Wildman–Crippen MR) is 167 cm³/mol. The van der Waals surface area contributed by atoms with Gasteiger partial charge in [0, 0.05) is 18.4 Å². The van der Waals surface area contributed by atoms with E-state index < -0.39 is 34.1 Å². The first kappa shape index (κ1) is 32.8. The van der Waals surface area contributed by atoms with Crippen LogP contribution in [0, 0.1) is 17.3 Å². The summed E-state index contributed by atoms with van der Waals surface area (Å²) in [5.74, 6) is -0.0739. The van der Waals surface area contributed by atoms with Crippen molar-refractivity contribution in [3.63, 3.8) is 0 Å². The Kier molecular flexibility index (Phi) is 9.74. The van der Waals surface area contributed by atoms with Crippen molar-refractivity contribution in [3.8, 4) is 5.75 Å². The van der Waals surface area contributed by atoms with Gasteiger partial charge in [-0.25, -0.2) is 0 Å². The van der Waals surface area contributed by atoms with E-state index >= 15 is 0 Å². The van der Waals surface area contributed by atoms with Crippen LogP contribution in [0.1, 0.15) is 53.5 Å². The lowest BCUT2D eigenvalue weighted by atomic mass is 9.70.